The first-order valence-electron chi connectivity index (χ1n) is 11.3. The molecule has 0 bridgehead atoms. The van der Waals surface area contributed by atoms with Crippen LogP contribution in [-0.4, -0.2) is 85.5 Å². The van der Waals surface area contributed by atoms with Crippen molar-refractivity contribution in [2.75, 3.05) is 27.4 Å². The van der Waals surface area contributed by atoms with Crippen LogP contribution in [0.1, 0.15) is 40.2 Å². The van der Waals surface area contributed by atoms with Gasteiger partial charge in [-0.1, -0.05) is 0 Å². The van der Waals surface area contributed by atoms with Crippen molar-refractivity contribution in [1.29, 1.82) is 0 Å². The largest absolute Gasteiger partial charge is 0.459 e. The molecule has 0 radical (unpaired) electrons. The first kappa shape index (κ1) is 28.9. The summed E-state index contributed by atoms with van der Waals surface area (Å²) in [5, 5.41) is 0. The van der Waals surface area contributed by atoms with Gasteiger partial charge in [-0.3, -0.25) is 19.0 Å². The zero-order chi connectivity index (χ0) is 27.5. The maximum atomic E-state index is 15.1. The fourth-order valence-electron chi connectivity index (χ4n) is 4.34. The van der Waals surface area contributed by atoms with Crippen LogP contribution in [0.15, 0.2) is 15.8 Å². The quantitative estimate of drug-likeness (QED) is 0.327. The standard InChI is InChI=1S/C22H31FN2O12/c1-21(2)34-15(13(8-30-5)32-10-26)18(36-21)24-7-12(23)17(28)25(20(24)29)19-16(35-22(3,4)37-19)14(9-31-6)33-11-27/h7,10-11,13-16,18-19H,8-9H2,1-6H3/t13-,14-,15-,16-,18+,19+/m1/s1. The Morgan fingerprint density at radius 1 is 0.892 bits per heavy atom. The van der Waals surface area contributed by atoms with E-state index in [9.17, 15) is 19.2 Å². The van der Waals surface area contributed by atoms with Crippen LogP contribution in [0.25, 0.3) is 0 Å². The van der Waals surface area contributed by atoms with Crippen LogP contribution in [0.3, 0.4) is 0 Å². The zero-order valence-corrected chi connectivity index (χ0v) is 21.3. The molecule has 3 heterocycles. The summed E-state index contributed by atoms with van der Waals surface area (Å²) in [6, 6.07) is 0. The predicted octanol–water partition coefficient (Wildman–Crippen LogP) is -0.175. The number of carbonyl (C=O) groups is 2. The summed E-state index contributed by atoms with van der Waals surface area (Å²) in [5.74, 6) is -3.96. The Hall–Kier alpha value is -2.69. The van der Waals surface area contributed by atoms with Gasteiger partial charge in [-0.25, -0.2) is 9.36 Å². The smallest absolute Gasteiger partial charge is 0.335 e. The van der Waals surface area contributed by atoms with E-state index in [1.165, 1.54) is 28.1 Å². The molecule has 2 fully saturated rings. The normalized spacial score (nSPS) is 28.0. The summed E-state index contributed by atoms with van der Waals surface area (Å²) in [5.41, 5.74) is -2.37. The molecule has 37 heavy (non-hydrogen) atoms. The number of hydrogen-bond acceptors (Lipinski definition) is 12. The van der Waals surface area contributed by atoms with Gasteiger partial charge in [0, 0.05) is 14.2 Å². The Labute approximate surface area is 211 Å². The van der Waals surface area contributed by atoms with Crippen molar-refractivity contribution >= 4 is 12.9 Å². The molecule has 208 valence electrons. The van der Waals surface area contributed by atoms with Gasteiger partial charge < -0.3 is 37.9 Å². The minimum Gasteiger partial charge on any atom is -0.459 e. The van der Waals surface area contributed by atoms with Crippen molar-refractivity contribution in [3.05, 3.63) is 32.9 Å². The molecule has 0 unspecified atom stereocenters. The van der Waals surface area contributed by atoms with Gasteiger partial charge >= 0.3 is 5.69 Å². The number of ether oxygens (including phenoxy) is 8. The molecule has 2 aliphatic heterocycles. The highest BCUT2D eigenvalue weighted by Gasteiger charge is 2.51. The molecule has 1 aromatic rings. The molecule has 0 N–H and O–H groups in total. The van der Waals surface area contributed by atoms with Gasteiger partial charge in [0.1, 0.15) is 12.2 Å². The van der Waals surface area contributed by atoms with Crippen molar-refractivity contribution in [1.82, 2.24) is 9.13 Å². The van der Waals surface area contributed by atoms with Crippen molar-refractivity contribution < 1.29 is 51.9 Å². The SMILES string of the molecule is COC[C@@H](OC=O)[C@H]1OC(C)(C)O[C@@H]1n1cc(F)c(=O)n([C@H]2OC(C)(C)O[C@@H]2[C@@H](COC)OC=O)c1=O. The average molecular weight is 534 g/mol. The van der Waals surface area contributed by atoms with E-state index in [2.05, 4.69) is 0 Å². The molecule has 0 amide bonds. The van der Waals surface area contributed by atoms with Gasteiger partial charge in [-0.2, -0.15) is 4.39 Å². The van der Waals surface area contributed by atoms with Gasteiger partial charge in [0.2, 0.25) is 5.82 Å². The second kappa shape index (κ2) is 11.4. The summed E-state index contributed by atoms with van der Waals surface area (Å²) < 4.78 is 59.9. The van der Waals surface area contributed by atoms with Crippen LogP contribution in [-0.2, 0) is 47.5 Å². The lowest BCUT2D eigenvalue weighted by Crippen LogP contribution is -2.51. The summed E-state index contributed by atoms with van der Waals surface area (Å²) in [7, 11) is 2.70. The molecule has 0 saturated carbocycles. The molecule has 3 rings (SSSR count). The molecule has 2 aliphatic rings. The highest BCUT2D eigenvalue weighted by molar-refractivity contribution is 5.38. The molecular weight excluding hydrogens is 503 g/mol. The summed E-state index contributed by atoms with van der Waals surface area (Å²) >= 11 is 0. The van der Waals surface area contributed by atoms with Gasteiger partial charge in [-0.05, 0) is 27.7 Å². The fraction of sp³-hybridized carbons (Fsp3) is 0.727. The van der Waals surface area contributed by atoms with Gasteiger partial charge in [0.15, 0.2) is 36.2 Å². The molecule has 0 aromatic carbocycles. The first-order chi connectivity index (χ1) is 17.4. The van der Waals surface area contributed by atoms with E-state index in [-0.39, 0.29) is 26.2 Å². The fourth-order valence-corrected chi connectivity index (χ4v) is 4.34. The summed E-state index contributed by atoms with van der Waals surface area (Å²) in [6.45, 7) is 6.13. The number of rotatable bonds is 12. The topological polar surface area (TPSA) is 152 Å². The molecule has 2 saturated heterocycles. The van der Waals surface area contributed by atoms with Crippen LogP contribution < -0.4 is 11.2 Å². The minimum absolute atomic E-state index is 0.131. The molecule has 14 nitrogen and oxygen atoms in total. The monoisotopic (exact) mass is 534 g/mol. The minimum atomic E-state index is -1.52. The lowest BCUT2D eigenvalue weighted by Gasteiger charge is -2.27. The summed E-state index contributed by atoms with van der Waals surface area (Å²) in [4.78, 5) is 48.8. The second-order valence-corrected chi connectivity index (χ2v) is 9.28. The number of halogens is 1. The maximum Gasteiger partial charge on any atom is 0.335 e. The van der Waals surface area contributed by atoms with Crippen molar-refractivity contribution in [2.45, 2.75) is 76.1 Å². The zero-order valence-electron chi connectivity index (χ0n) is 21.3. The number of aromatic nitrogens is 2. The van der Waals surface area contributed by atoms with E-state index < -0.39 is 65.5 Å². The molecule has 0 aliphatic carbocycles. The molecule has 15 heteroatoms. The van der Waals surface area contributed by atoms with E-state index in [1.807, 2.05) is 0 Å². The summed E-state index contributed by atoms with van der Waals surface area (Å²) in [6.07, 6.45) is -6.72. The third-order valence-corrected chi connectivity index (χ3v) is 5.70. The van der Waals surface area contributed by atoms with Gasteiger partial charge in [0.05, 0.1) is 19.4 Å². The number of methoxy groups -OCH3 is 2. The van der Waals surface area contributed by atoms with E-state index >= 15 is 4.39 Å². The molecule has 0 spiro atoms. The van der Waals surface area contributed by atoms with Crippen molar-refractivity contribution in [2.24, 2.45) is 0 Å². The number of hydrogen-bond donors (Lipinski definition) is 0. The van der Waals surface area contributed by atoms with Crippen molar-refractivity contribution in [3.8, 4) is 0 Å². The Morgan fingerprint density at radius 2 is 1.35 bits per heavy atom. The number of carbonyl (C=O) groups excluding carboxylic acids is 2. The van der Waals surface area contributed by atoms with E-state index in [0.717, 1.165) is 4.57 Å². The maximum absolute atomic E-state index is 15.1. The van der Waals surface area contributed by atoms with Crippen LogP contribution in [0.5, 0.6) is 0 Å². The molecule has 6 atom stereocenters. The Balaban J connectivity index is 2.15. The number of nitrogens with zero attached hydrogens (tertiary/aromatic N) is 2. The lowest BCUT2D eigenvalue weighted by molar-refractivity contribution is -0.169. The average Bonchev–Trinajstić information content (AvgIpc) is 3.31. The van der Waals surface area contributed by atoms with Gasteiger partial charge in [0.25, 0.3) is 18.5 Å². The van der Waals surface area contributed by atoms with Crippen LogP contribution in [0, 0.1) is 5.82 Å². The van der Waals surface area contributed by atoms with E-state index in [1.54, 1.807) is 13.8 Å². The van der Waals surface area contributed by atoms with E-state index in [0.29, 0.717) is 10.8 Å². The highest BCUT2D eigenvalue weighted by atomic mass is 19.1. The predicted molar refractivity (Wildman–Crippen MR) is 119 cm³/mol. The Kier molecular flexibility index (Phi) is 8.87. The van der Waals surface area contributed by atoms with Crippen LogP contribution in [0.2, 0.25) is 0 Å². The Bertz CT molecular complexity index is 1090. The lowest BCUT2D eigenvalue weighted by atomic mass is 10.1. The second-order valence-electron chi connectivity index (χ2n) is 9.28. The third-order valence-electron chi connectivity index (χ3n) is 5.70. The molecular formula is C22H31FN2O12. The Morgan fingerprint density at radius 3 is 1.81 bits per heavy atom. The van der Waals surface area contributed by atoms with E-state index in [4.69, 9.17) is 37.9 Å². The van der Waals surface area contributed by atoms with Crippen LogP contribution >= 0.6 is 0 Å². The third kappa shape index (κ3) is 6.08. The van der Waals surface area contributed by atoms with Gasteiger partial charge in [-0.15, -0.1) is 0 Å². The highest BCUT2D eigenvalue weighted by Crippen LogP contribution is 2.38. The van der Waals surface area contributed by atoms with Crippen LogP contribution in [0.4, 0.5) is 4.39 Å². The van der Waals surface area contributed by atoms with Crippen molar-refractivity contribution in [3.63, 3.8) is 0 Å². The first-order valence-corrected chi connectivity index (χ1v) is 11.3. The molecule has 1 aromatic heterocycles.